The molecule has 0 aliphatic carbocycles. The van der Waals surface area contributed by atoms with Crippen LogP contribution in [0.1, 0.15) is 53.4 Å². The predicted molar refractivity (Wildman–Crippen MR) is 83.9 cm³/mol. The molecule has 4 nitrogen and oxygen atoms in total. The molecule has 0 amide bonds. The number of allylic oxidation sites excluding steroid dienone is 6. The van der Waals surface area contributed by atoms with Crippen LogP contribution < -0.4 is 0 Å². The summed E-state index contributed by atoms with van der Waals surface area (Å²) in [6.45, 7) is 7.94. The maximum absolute atomic E-state index is 10.8. The molecule has 0 saturated carbocycles. The van der Waals surface area contributed by atoms with E-state index >= 15 is 0 Å². The van der Waals surface area contributed by atoms with Gasteiger partial charge in [0.2, 0.25) is 0 Å². The summed E-state index contributed by atoms with van der Waals surface area (Å²) in [5, 5.41) is 9.58. The summed E-state index contributed by atoms with van der Waals surface area (Å²) < 4.78 is 10.8. The lowest BCUT2D eigenvalue weighted by molar-refractivity contribution is 0.353. The van der Waals surface area contributed by atoms with Crippen molar-refractivity contribution in [3.8, 4) is 0 Å². The summed E-state index contributed by atoms with van der Waals surface area (Å²) in [6.07, 6.45) is 7.19. The van der Waals surface area contributed by atoms with Crippen molar-refractivity contribution in [1.29, 1.82) is 0 Å². The molecule has 0 rings (SSSR count). The van der Waals surface area contributed by atoms with E-state index in [4.69, 9.17) is 9.79 Å². The van der Waals surface area contributed by atoms with Gasteiger partial charge in [0, 0.05) is 0 Å². The van der Waals surface area contributed by atoms with Gasteiger partial charge in [-0.3, -0.25) is 4.57 Å². The zero-order chi connectivity index (χ0) is 15.8. The van der Waals surface area contributed by atoms with Crippen molar-refractivity contribution in [3.63, 3.8) is 0 Å². The molecule has 20 heavy (non-hydrogen) atoms. The SMILES string of the molecule is CC(C)=CCC/C(C)=C\CC/C(C)=C(\O)CP(=O)(O)O. The molecule has 0 atom stereocenters. The van der Waals surface area contributed by atoms with Crippen LogP contribution in [-0.4, -0.2) is 21.1 Å². The highest BCUT2D eigenvalue weighted by molar-refractivity contribution is 7.52. The molecule has 0 heterocycles. The lowest BCUT2D eigenvalue weighted by atomic mass is 10.1. The van der Waals surface area contributed by atoms with Gasteiger partial charge in [-0.25, -0.2) is 0 Å². The molecule has 0 unspecified atom stereocenters. The Morgan fingerprint density at radius 3 is 2.05 bits per heavy atom. The number of hydrogen-bond acceptors (Lipinski definition) is 2. The summed E-state index contributed by atoms with van der Waals surface area (Å²) in [6, 6.07) is 0. The van der Waals surface area contributed by atoms with Gasteiger partial charge in [0.15, 0.2) is 0 Å². The Kier molecular flexibility index (Phi) is 8.79. The van der Waals surface area contributed by atoms with Gasteiger partial charge in [0.1, 0.15) is 11.9 Å². The molecule has 5 heteroatoms. The molecule has 0 saturated heterocycles. The Bertz CT molecular complexity index is 437. The first-order chi connectivity index (χ1) is 9.11. The number of aliphatic hydroxyl groups is 1. The van der Waals surface area contributed by atoms with Crippen molar-refractivity contribution in [3.05, 3.63) is 34.6 Å². The molecule has 0 aromatic carbocycles. The zero-order valence-electron chi connectivity index (χ0n) is 12.9. The van der Waals surface area contributed by atoms with Crippen molar-refractivity contribution in [2.45, 2.75) is 53.4 Å². The van der Waals surface area contributed by atoms with Crippen LogP contribution in [0.25, 0.3) is 0 Å². The minimum Gasteiger partial charge on any atom is -0.512 e. The molecule has 3 N–H and O–H groups in total. The van der Waals surface area contributed by atoms with Crippen molar-refractivity contribution >= 4 is 7.60 Å². The van der Waals surface area contributed by atoms with Crippen molar-refractivity contribution in [2.24, 2.45) is 0 Å². The number of hydrogen-bond donors (Lipinski definition) is 3. The van der Waals surface area contributed by atoms with Crippen LogP contribution in [0.2, 0.25) is 0 Å². The van der Waals surface area contributed by atoms with Crippen LogP contribution in [0, 0.1) is 0 Å². The highest BCUT2D eigenvalue weighted by Gasteiger charge is 2.16. The van der Waals surface area contributed by atoms with Crippen LogP contribution in [-0.2, 0) is 4.57 Å². The summed E-state index contributed by atoms with van der Waals surface area (Å²) in [4.78, 5) is 17.6. The molecule has 0 aliphatic heterocycles. The van der Waals surface area contributed by atoms with Crippen molar-refractivity contribution < 1.29 is 19.5 Å². The molecular formula is C15H27O4P. The van der Waals surface area contributed by atoms with Crippen molar-refractivity contribution in [2.75, 3.05) is 6.16 Å². The molecule has 0 aromatic heterocycles. The number of aliphatic hydroxyl groups excluding tert-OH is 1. The van der Waals surface area contributed by atoms with Crippen LogP contribution in [0.3, 0.4) is 0 Å². The van der Waals surface area contributed by atoms with E-state index in [2.05, 4.69) is 32.9 Å². The van der Waals surface area contributed by atoms with E-state index in [1.165, 1.54) is 11.1 Å². The van der Waals surface area contributed by atoms with Gasteiger partial charge in [0.25, 0.3) is 0 Å². The Labute approximate surface area is 122 Å². The van der Waals surface area contributed by atoms with Crippen LogP contribution in [0.5, 0.6) is 0 Å². The van der Waals surface area contributed by atoms with Gasteiger partial charge in [-0.15, -0.1) is 0 Å². The third-order valence-electron chi connectivity index (χ3n) is 2.95. The van der Waals surface area contributed by atoms with E-state index in [1.807, 2.05) is 0 Å². The molecular weight excluding hydrogens is 275 g/mol. The van der Waals surface area contributed by atoms with Gasteiger partial charge in [-0.2, -0.15) is 0 Å². The lowest BCUT2D eigenvalue weighted by Crippen LogP contribution is -1.96. The van der Waals surface area contributed by atoms with Gasteiger partial charge in [-0.1, -0.05) is 23.3 Å². The summed E-state index contributed by atoms with van der Waals surface area (Å²) in [5.41, 5.74) is 3.25. The van der Waals surface area contributed by atoms with E-state index in [-0.39, 0.29) is 5.76 Å². The second kappa shape index (κ2) is 9.17. The third kappa shape index (κ3) is 11.0. The maximum atomic E-state index is 10.8. The maximum Gasteiger partial charge on any atom is 0.333 e. The van der Waals surface area contributed by atoms with Gasteiger partial charge in [-0.05, 0) is 59.0 Å². The van der Waals surface area contributed by atoms with E-state index in [1.54, 1.807) is 6.92 Å². The Morgan fingerprint density at radius 2 is 1.55 bits per heavy atom. The van der Waals surface area contributed by atoms with Gasteiger partial charge < -0.3 is 14.9 Å². The first kappa shape index (κ1) is 19.2. The highest BCUT2D eigenvalue weighted by Crippen LogP contribution is 2.37. The van der Waals surface area contributed by atoms with E-state index in [0.29, 0.717) is 12.0 Å². The van der Waals surface area contributed by atoms with Gasteiger partial charge >= 0.3 is 7.60 Å². The Balaban J connectivity index is 4.24. The Hall–Kier alpha value is -0.830. The normalized spacial score (nSPS) is 14.0. The fourth-order valence-corrected chi connectivity index (χ4v) is 2.36. The summed E-state index contributed by atoms with van der Waals surface area (Å²) >= 11 is 0. The minimum absolute atomic E-state index is 0.186. The third-order valence-corrected chi connectivity index (χ3v) is 3.66. The average Bonchev–Trinajstić information content (AvgIpc) is 2.25. The largest absolute Gasteiger partial charge is 0.512 e. The molecule has 0 spiro atoms. The first-order valence-corrected chi connectivity index (χ1v) is 8.62. The molecule has 116 valence electrons. The van der Waals surface area contributed by atoms with Crippen molar-refractivity contribution in [1.82, 2.24) is 0 Å². The molecule has 0 aromatic rings. The zero-order valence-corrected chi connectivity index (χ0v) is 13.8. The molecule has 0 bridgehead atoms. The summed E-state index contributed by atoms with van der Waals surface area (Å²) in [7, 11) is -4.18. The van der Waals surface area contributed by atoms with E-state index in [0.717, 1.165) is 19.3 Å². The first-order valence-electron chi connectivity index (χ1n) is 6.83. The fourth-order valence-electron chi connectivity index (χ4n) is 1.70. The smallest absolute Gasteiger partial charge is 0.333 e. The number of rotatable bonds is 8. The summed E-state index contributed by atoms with van der Waals surface area (Å²) in [5.74, 6) is -0.186. The molecule has 0 aliphatic rings. The minimum atomic E-state index is -4.18. The highest BCUT2D eigenvalue weighted by atomic mass is 31.2. The quantitative estimate of drug-likeness (QED) is 0.351. The van der Waals surface area contributed by atoms with Crippen LogP contribution in [0.15, 0.2) is 34.6 Å². The topological polar surface area (TPSA) is 77.8 Å². The second-order valence-electron chi connectivity index (χ2n) is 5.46. The monoisotopic (exact) mass is 302 g/mol. The van der Waals surface area contributed by atoms with E-state index < -0.39 is 13.8 Å². The molecule has 0 radical (unpaired) electrons. The van der Waals surface area contributed by atoms with Gasteiger partial charge in [0.05, 0.1) is 0 Å². The predicted octanol–water partition coefficient (Wildman–Crippen LogP) is 4.47. The lowest BCUT2D eigenvalue weighted by Gasteiger charge is -2.07. The standard InChI is InChI=1S/C15H27O4P/c1-12(2)7-5-8-13(3)9-6-10-14(4)15(16)11-20(17,18)19/h7,9,16H,5-6,8,10-11H2,1-4H3,(H2,17,18,19)/b13-9-,15-14-. The van der Waals surface area contributed by atoms with Crippen LogP contribution in [0.4, 0.5) is 0 Å². The molecule has 0 fully saturated rings. The Morgan fingerprint density at radius 1 is 1.00 bits per heavy atom. The van der Waals surface area contributed by atoms with Crippen LogP contribution >= 0.6 is 7.60 Å². The second-order valence-corrected chi connectivity index (χ2v) is 7.10. The van der Waals surface area contributed by atoms with E-state index in [9.17, 15) is 9.67 Å². The fraction of sp³-hybridized carbons (Fsp3) is 0.600. The average molecular weight is 302 g/mol.